The van der Waals surface area contributed by atoms with Gasteiger partial charge in [0, 0.05) is 6.54 Å². The van der Waals surface area contributed by atoms with Crippen LogP contribution in [0.4, 0.5) is 0 Å². The molecule has 90 valence electrons. The molecule has 4 N–H and O–H groups in total. The zero-order valence-electron chi connectivity index (χ0n) is 8.12. The zero-order valence-corrected chi connectivity index (χ0v) is 8.94. The van der Waals surface area contributed by atoms with E-state index in [0.717, 1.165) is 6.20 Å². The van der Waals surface area contributed by atoms with E-state index < -0.39 is 22.1 Å². The molecule has 1 rings (SSSR count). The number of imidazole rings is 1. The van der Waals surface area contributed by atoms with Gasteiger partial charge in [-0.15, -0.1) is 0 Å². The summed E-state index contributed by atoms with van der Waals surface area (Å²) >= 11 is 0. The number of sulfonamides is 1. The summed E-state index contributed by atoms with van der Waals surface area (Å²) in [5.41, 5.74) is 0. The van der Waals surface area contributed by atoms with Gasteiger partial charge < -0.3 is 15.2 Å². The van der Waals surface area contributed by atoms with Crippen LogP contribution in [0.15, 0.2) is 17.6 Å². The third-order valence-corrected chi connectivity index (χ3v) is 3.14. The third-order valence-electron chi connectivity index (χ3n) is 1.76. The number of aliphatic carboxylic acids is 1. The molecule has 0 aromatic carbocycles. The first-order valence-corrected chi connectivity index (χ1v) is 5.80. The predicted molar refractivity (Wildman–Crippen MR) is 52.0 cm³/mol. The van der Waals surface area contributed by atoms with Gasteiger partial charge in [-0.2, -0.15) is 0 Å². The SMILES string of the molecule is O=C(O)[C@@H](O)CCNS(=O)(=O)c1cnc[nH]1. The highest BCUT2D eigenvalue weighted by Crippen LogP contribution is 2.02. The Hall–Kier alpha value is -1.45. The molecule has 1 atom stereocenters. The maximum atomic E-state index is 11.4. The van der Waals surface area contributed by atoms with Gasteiger partial charge in [0.05, 0.1) is 12.5 Å². The molecule has 0 aliphatic carbocycles. The molecule has 0 saturated heterocycles. The van der Waals surface area contributed by atoms with E-state index in [1.807, 2.05) is 0 Å². The molecule has 0 unspecified atom stereocenters. The Labute approximate surface area is 91.4 Å². The molecule has 0 spiro atoms. The maximum absolute atomic E-state index is 11.4. The molecule has 0 radical (unpaired) electrons. The normalized spacial score (nSPS) is 13.6. The molecule has 1 aromatic rings. The van der Waals surface area contributed by atoms with Crippen LogP contribution >= 0.6 is 0 Å². The molecule has 0 aliphatic rings. The summed E-state index contributed by atoms with van der Waals surface area (Å²) < 4.78 is 25.0. The van der Waals surface area contributed by atoms with Gasteiger partial charge in [0.15, 0.2) is 11.1 Å². The van der Waals surface area contributed by atoms with E-state index in [1.54, 1.807) is 0 Å². The number of hydrogen-bond donors (Lipinski definition) is 4. The van der Waals surface area contributed by atoms with Crippen LogP contribution in [0.2, 0.25) is 0 Å². The van der Waals surface area contributed by atoms with Crippen molar-refractivity contribution >= 4 is 16.0 Å². The van der Waals surface area contributed by atoms with Crippen LogP contribution in [0.3, 0.4) is 0 Å². The number of hydrogen-bond acceptors (Lipinski definition) is 5. The first-order chi connectivity index (χ1) is 7.43. The summed E-state index contributed by atoms with van der Waals surface area (Å²) in [6.07, 6.45) is 0.545. The van der Waals surface area contributed by atoms with Crippen molar-refractivity contribution in [2.24, 2.45) is 0 Å². The van der Waals surface area contributed by atoms with Crippen molar-refractivity contribution in [2.45, 2.75) is 17.6 Å². The van der Waals surface area contributed by atoms with Crippen molar-refractivity contribution in [1.29, 1.82) is 0 Å². The van der Waals surface area contributed by atoms with E-state index in [1.165, 1.54) is 6.33 Å². The molecule has 0 bridgehead atoms. The first-order valence-electron chi connectivity index (χ1n) is 4.32. The van der Waals surface area contributed by atoms with Crippen molar-refractivity contribution in [3.63, 3.8) is 0 Å². The van der Waals surface area contributed by atoms with Crippen LogP contribution in [0, 0.1) is 0 Å². The molecule has 9 heteroatoms. The summed E-state index contributed by atoms with van der Waals surface area (Å²) in [7, 11) is -3.71. The summed E-state index contributed by atoms with van der Waals surface area (Å²) in [6, 6.07) is 0. The van der Waals surface area contributed by atoms with E-state index in [0.29, 0.717) is 0 Å². The zero-order chi connectivity index (χ0) is 12.2. The van der Waals surface area contributed by atoms with Crippen molar-refractivity contribution in [3.05, 3.63) is 12.5 Å². The second-order valence-corrected chi connectivity index (χ2v) is 4.69. The number of carboxylic acid groups (broad SMARTS) is 1. The Morgan fingerprint density at radius 2 is 2.31 bits per heavy atom. The fourth-order valence-electron chi connectivity index (χ4n) is 0.921. The second kappa shape index (κ2) is 5.05. The predicted octanol–water partition coefficient (Wildman–Crippen LogP) is -1.48. The molecule has 0 saturated carbocycles. The lowest BCUT2D eigenvalue weighted by molar-refractivity contribution is -0.146. The van der Waals surface area contributed by atoms with Crippen molar-refractivity contribution in [2.75, 3.05) is 6.54 Å². The van der Waals surface area contributed by atoms with Crippen LogP contribution in [-0.4, -0.2) is 47.2 Å². The molecule has 0 aliphatic heterocycles. The lowest BCUT2D eigenvalue weighted by Gasteiger charge is -2.06. The Morgan fingerprint density at radius 3 is 2.81 bits per heavy atom. The topological polar surface area (TPSA) is 132 Å². The number of aliphatic hydroxyl groups is 1. The van der Waals surface area contributed by atoms with Crippen LogP contribution < -0.4 is 4.72 Å². The number of aromatic nitrogens is 2. The van der Waals surface area contributed by atoms with Crippen molar-refractivity contribution in [3.8, 4) is 0 Å². The van der Waals surface area contributed by atoms with E-state index in [9.17, 15) is 13.2 Å². The number of aliphatic hydroxyl groups excluding tert-OH is 1. The minimum absolute atomic E-state index is 0.114. The summed E-state index contributed by atoms with van der Waals surface area (Å²) in [5, 5.41) is 17.1. The van der Waals surface area contributed by atoms with Gasteiger partial charge in [0.25, 0.3) is 10.0 Å². The van der Waals surface area contributed by atoms with Gasteiger partial charge >= 0.3 is 5.97 Å². The van der Waals surface area contributed by atoms with Gasteiger partial charge in [0.2, 0.25) is 0 Å². The Kier molecular flexibility index (Phi) is 3.99. The smallest absolute Gasteiger partial charge is 0.332 e. The molecule has 0 fully saturated rings. The highest BCUT2D eigenvalue weighted by atomic mass is 32.2. The van der Waals surface area contributed by atoms with E-state index in [2.05, 4.69) is 14.7 Å². The van der Waals surface area contributed by atoms with E-state index >= 15 is 0 Å². The maximum Gasteiger partial charge on any atom is 0.332 e. The molecule has 8 nitrogen and oxygen atoms in total. The second-order valence-electron chi connectivity index (χ2n) is 2.96. The molecule has 0 amide bonds. The molecular formula is C7H11N3O5S. The number of nitrogens with zero attached hydrogens (tertiary/aromatic N) is 1. The minimum Gasteiger partial charge on any atom is -0.479 e. The monoisotopic (exact) mass is 249 g/mol. The van der Waals surface area contributed by atoms with Gasteiger partial charge in [-0.3, -0.25) is 0 Å². The van der Waals surface area contributed by atoms with Gasteiger partial charge in [-0.05, 0) is 6.42 Å². The number of carbonyl (C=O) groups is 1. The number of rotatable bonds is 6. The number of nitrogens with one attached hydrogen (secondary N) is 2. The van der Waals surface area contributed by atoms with E-state index in [-0.39, 0.29) is 18.0 Å². The Morgan fingerprint density at radius 1 is 1.62 bits per heavy atom. The lowest BCUT2D eigenvalue weighted by atomic mass is 10.3. The molecule has 1 aromatic heterocycles. The average Bonchev–Trinajstić information content (AvgIpc) is 2.70. The van der Waals surface area contributed by atoms with E-state index in [4.69, 9.17) is 10.2 Å². The Bertz CT molecular complexity index is 441. The fraction of sp³-hybridized carbons (Fsp3) is 0.429. The number of H-pyrrole nitrogens is 1. The standard InChI is InChI=1S/C7H11N3O5S/c11-5(7(12)13)1-2-10-16(14,15)6-3-8-4-9-6/h3-5,10-11H,1-2H2,(H,8,9)(H,12,13)/t5-/m0/s1. The summed E-state index contributed by atoms with van der Waals surface area (Å²) in [6.45, 7) is -0.172. The quantitative estimate of drug-likeness (QED) is 0.486. The van der Waals surface area contributed by atoms with Crippen LogP contribution in [-0.2, 0) is 14.8 Å². The van der Waals surface area contributed by atoms with Gasteiger partial charge in [0.1, 0.15) is 0 Å². The van der Waals surface area contributed by atoms with Crippen LogP contribution in [0.5, 0.6) is 0 Å². The van der Waals surface area contributed by atoms with Crippen molar-refractivity contribution in [1.82, 2.24) is 14.7 Å². The van der Waals surface area contributed by atoms with Gasteiger partial charge in [-0.25, -0.2) is 22.9 Å². The highest BCUT2D eigenvalue weighted by molar-refractivity contribution is 7.89. The largest absolute Gasteiger partial charge is 0.479 e. The summed E-state index contributed by atoms with van der Waals surface area (Å²) in [5.74, 6) is -1.39. The minimum atomic E-state index is -3.71. The number of carboxylic acids is 1. The molecule has 16 heavy (non-hydrogen) atoms. The molecular weight excluding hydrogens is 238 g/mol. The number of aromatic amines is 1. The third kappa shape index (κ3) is 3.29. The highest BCUT2D eigenvalue weighted by Gasteiger charge is 2.17. The van der Waals surface area contributed by atoms with Crippen LogP contribution in [0.25, 0.3) is 0 Å². The Balaban J connectivity index is 2.47. The fourth-order valence-corrected chi connectivity index (χ4v) is 1.87. The van der Waals surface area contributed by atoms with Crippen LogP contribution in [0.1, 0.15) is 6.42 Å². The summed E-state index contributed by atoms with van der Waals surface area (Å²) in [4.78, 5) is 16.2. The lowest BCUT2D eigenvalue weighted by Crippen LogP contribution is -2.30. The van der Waals surface area contributed by atoms with Gasteiger partial charge in [-0.1, -0.05) is 0 Å². The van der Waals surface area contributed by atoms with Crippen molar-refractivity contribution < 1.29 is 23.4 Å². The first kappa shape index (κ1) is 12.6. The molecule has 1 heterocycles. The average molecular weight is 249 g/mol.